The van der Waals surface area contributed by atoms with E-state index in [-0.39, 0.29) is 22.3 Å². The van der Waals surface area contributed by atoms with Crippen LogP contribution in [-0.4, -0.2) is 22.7 Å². The minimum atomic E-state index is -4.43. The molecule has 0 fully saturated rings. The Morgan fingerprint density at radius 2 is 1.87 bits per heavy atom. The molecule has 1 heterocycles. The Morgan fingerprint density at radius 3 is 2.43 bits per heavy atom. The molecule has 0 atom stereocenters. The van der Waals surface area contributed by atoms with Gasteiger partial charge in [0.25, 0.3) is 5.91 Å². The number of halogens is 3. The summed E-state index contributed by atoms with van der Waals surface area (Å²) in [6, 6.07) is 4.03. The fraction of sp³-hybridized carbons (Fsp3) is 0.154. The number of anilines is 1. The first kappa shape index (κ1) is 16.9. The lowest BCUT2D eigenvalue weighted by molar-refractivity contribution is -0.137. The van der Waals surface area contributed by atoms with Crippen LogP contribution in [0, 0.1) is 0 Å². The monoisotopic (exact) mass is 342 g/mol. The SMILES string of the molecule is C=C1N=NC(SCC(=O)Nc2ccc(C(F)(F)F)cc2)=NC1=O. The summed E-state index contributed by atoms with van der Waals surface area (Å²) in [7, 11) is 0. The van der Waals surface area contributed by atoms with Crippen LogP contribution in [-0.2, 0) is 15.8 Å². The minimum Gasteiger partial charge on any atom is -0.325 e. The van der Waals surface area contributed by atoms with Gasteiger partial charge in [0.15, 0.2) is 0 Å². The number of rotatable bonds is 3. The lowest BCUT2D eigenvalue weighted by Crippen LogP contribution is -2.16. The molecule has 2 rings (SSSR count). The number of azo groups is 1. The zero-order valence-electron chi connectivity index (χ0n) is 11.4. The fourth-order valence-electron chi connectivity index (χ4n) is 1.45. The number of hydrogen-bond donors (Lipinski definition) is 1. The maximum absolute atomic E-state index is 12.4. The molecule has 1 aromatic rings. The highest BCUT2D eigenvalue weighted by Gasteiger charge is 2.30. The van der Waals surface area contributed by atoms with Gasteiger partial charge in [-0.1, -0.05) is 18.3 Å². The van der Waals surface area contributed by atoms with Gasteiger partial charge < -0.3 is 5.32 Å². The topological polar surface area (TPSA) is 83.2 Å². The Labute approximate surface area is 132 Å². The van der Waals surface area contributed by atoms with Crippen molar-refractivity contribution < 1.29 is 22.8 Å². The van der Waals surface area contributed by atoms with E-state index in [0.29, 0.717) is 0 Å². The molecule has 1 aliphatic rings. The average molecular weight is 342 g/mol. The molecule has 0 saturated heterocycles. The number of benzene rings is 1. The first-order valence-corrected chi connectivity index (χ1v) is 7.08. The fourth-order valence-corrected chi connectivity index (χ4v) is 2.03. The number of alkyl halides is 3. The summed E-state index contributed by atoms with van der Waals surface area (Å²) >= 11 is 0.874. The molecule has 0 unspecified atom stereocenters. The van der Waals surface area contributed by atoms with Crippen LogP contribution in [0.5, 0.6) is 0 Å². The minimum absolute atomic E-state index is 0.0185. The third kappa shape index (κ3) is 4.74. The number of hydrogen-bond acceptors (Lipinski definition) is 5. The van der Waals surface area contributed by atoms with E-state index in [9.17, 15) is 22.8 Å². The van der Waals surface area contributed by atoms with Gasteiger partial charge in [-0.15, -0.1) is 10.2 Å². The molecule has 1 aliphatic heterocycles. The number of amidine groups is 1. The molecule has 1 aromatic carbocycles. The van der Waals surface area contributed by atoms with Crippen LogP contribution in [0.4, 0.5) is 18.9 Å². The van der Waals surface area contributed by atoms with E-state index >= 15 is 0 Å². The van der Waals surface area contributed by atoms with Gasteiger partial charge in [0.2, 0.25) is 11.1 Å². The lowest BCUT2D eigenvalue weighted by atomic mass is 10.2. The Bertz CT molecular complexity index is 711. The summed E-state index contributed by atoms with van der Waals surface area (Å²) in [5, 5.41) is 9.51. The zero-order valence-corrected chi connectivity index (χ0v) is 12.2. The van der Waals surface area contributed by atoms with Crippen molar-refractivity contribution in [3.63, 3.8) is 0 Å². The number of thioether (sulfide) groups is 1. The van der Waals surface area contributed by atoms with Crippen molar-refractivity contribution in [2.45, 2.75) is 6.18 Å². The molecule has 23 heavy (non-hydrogen) atoms. The lowest BCUT2D eigenvalue weighted by Gasteiger charge is -2.09. The Kier molecular flexibility index (Phi) is 4.94. The summed E-state index contributed by atoms with van der Waals surface area (Å²) in [4.78, 5) is 26.5. The van der Waals surface area contributed by atoms with Crippen molar-refractivity contribution >= 4 is 34.4 Å². The summed E-state index contributed by atoms with van der Waals surface area (Å²) < 4.78 is 37.2. The van der Waals surface area contributed by atoms with Gasteiger partial charge in [-0.2, -0.15) is 18.2 Å². The summed E-state index contributed by atoms with van der Waals surface area (Å²) in [5.41, 5.74) is -0.676. The van der Waals surface area contributed by atoms with E-state index in [4.69, 9.17) is 0 Å². The van der Waals surface area contributed by atoms with Crippen molar-refractivity contribution in [1.29, 1.82) is 0 Å². The van der Waals surface area contributed by atoms with E-state index in [1.54, 1.807) is 0 Å². The molecule has 6 nitrogen and oxygen atoms in total. The predicted octanol–water partition coefficient (Wildman–Crippen LogP) is 3.24. The third-order valence-electron chi connectivity index (χ3n) is 2.53. The van der Waals surface area contributed by atoms with E-state index in [1.807, 2.05) is 0 Å². The molecule has 120 valence electrons. The smallest absolute Gasteiger partial charge is 0.325 e. The number of carbonyl (C=O) groups is 2. The number of amides is 2. The van der Waals surface area contributed by atoms with Gasteiger partial charge >= 0.3 is 6.18 Å². The summed E-state index contributed by atoms with van der Waals surface area (Å²) in [6.45, 7) is 3.32. The molecule has 2 amide bonds. The number of nitrogens with one attached hydrogen (secondary N) is 1. The first-order chi connectivity index (χ1) is 10.8. The highest BCUT2D eigenvalue weighted by atomic mass is 32.2. The van der Waals surface area contributed by atoms with Gasteiger partial charge in [-0.25, -0.2) is 0 Å². The van der Waals surface area contributed by atoms with Crippen molar-refractivity contribution in [2.75, 3.05) is 11.1 Å². The molecule has 0 saturated carbocycles. The average Bonchev–Trinajstić information content (AvgIpc) is 2.48. The van der Waals surface area contributed by atoms with Gasteiger partial charge in [0.05, 0.1) is 11.3 Å². The van der Waals surface area contributed by atoms with E-state index in [2.05, 4.69) is 27.1 Å². The molecule has 0 spiro atoms. The van der Waals surface area contributed by atoms with Crippen LogP contribution >= 0.6 is 11.8 Å². The molecular formula is C13H9F3N4O2S. The second kappa shape index (κ2) is 6.73. The third-order valence-corrected chi connectivity index (χ3v) is 3.37. The maximum atomic E-state index is 12.4. The van der Waals surface area contributed by atoms with Crippen molar-refractivity contribution in [3.8, 4) is 0 Å². The zero-order chi connectivity index (χ0) is 17.0. The highest BCUT2D eigenvalue weighted by Crippen LogP contribution is 2.29. The van der Waals surface area contributed by atoms with Crippen molar-refractivity contribution in [2.24, 2.45) is 15.2 Å². The molecule has 0 radical (unpaired) electrons. The van der Waals surface area contributed by atoms with Crippen LogP contribution in [0.1, 0.15) is 5.56 Å². The maximum Gasteiger partial charge on any atom is 0.416 e. The standard InChI is InChI=1S/C13H9F3N4O2S/c1-7-11(22)18-12(20-19-7)23-6-10(21)17-9-4-2-8(3-5-9)13(14,15)16/h2-5H,1,6H2,(H,17,21). The van der Waals surface area contributed by atoms with E-state index < -0.39 is 23.6 Å². The first-order valence-electron chi connectivity index (χ1n) is 6.09. The number of aliphatic imine (C=N–C) groups is 1. The Balaban J connectivity index is 1.88. The second-order valence-electron chi connectivity index (χ2n) is 4.26. The van der Waals surface area contributed by atoms with Crippen LogP contribution in [0.25, 0.3) is 0 Å². The van der Waals surface area contributed by atoms with Crippen LogP contribution in [0.15, 0.2) is 51.8 Å². The van der Waals surface area contributed by atoms with Gasteiger partial charge in [-0.3, -0.25) is 9.59 Å². The van der Waals surface area contributed by atoms with Crippen molar-refractivity contribution in [3.05, 3.63) is 42.1 Å². The van der Waals surface area contributed by atoms with Gasteiger partial charge in [0, 0.05) is 5.69 Å². The van der Waals surface area contributed by atoms with Crippen LogP contribution in [0.3, 0.4) is 0 Å². The summed E-state index contributed by atoms with van der Waals surface area (Å²) in [6.07, 6.45) is -4.43. The molecule has 0 bridgehead atoms. The predicted molar refractivity (Wildman–Crippen MR) is 79.0 cm³/mol. The molecular weight excluding hydrogens is 333 g/mol. The Morgan fingerprint density at radius 1 is 1.22 bits per heavy atom. The van der Waals surface area contributed by atoms with E-state index in [0.717, 1.165) is 36.0 Å². The quantitative estimate of drug-likeness (QED) is 0.856. The highest BCUT2D eigenvalue weighted by molar-refractivity contribution is 8.14. The molecule has 0 aliphatic carbocycles. The molecule has 0 aromatic heterocycles. The van der Waals surface area contributed by atoms with Crippen LogP contribution < -0.4 is 5.32 Å². The number of nitrogens with zero attached hydrogens (tertiary/aromatic N) is 3. The normalized spacial score (nSPS) is 14.7. The van der Waals surface area contributed by atoms with Gasteiger partial charge in [-0.05, 0) is 24.3 Å². The Hall–Kier alpha value is -2.49. The van der Waals surface area contributed by atoms with Crippen molar-refractivity contribution in [1.82, 2.24) is 0 Å². The number of carbonyl (C=O) groups excluding carboxylic acids is 2. The largest absolute Gasteiger partial charge is 0.416 e. The molecule has 10 heteroatoms. The summed E-state index contributed by atoms with van der Waals surface area (Å²) in [5.74, 6) is -1.24. The van der Waals surface area contributed by atoms with Gasteiger partial charge in [0.1, 0.15) is 5.70 Å². The van der Waals surface area contributed by atoms with E-state index in [1.165, 1.54) is 0 Å². The molecule has 1 N–H and O–H groups in total. The van der Waals surface area contributed by atoms with Crippen LogP contribution in [0.2, 0.25) is 0 Å². The second-order valence-corrected chi connectivity index (χ2v) is 5.20.